The van der Waals surface area contributed by atoms with Gasteiger partial charge in [-0.05, 0) is 58.8 Å². The van der Waals surface area contributed by atoms with E-state index in [9.17, 15) is 14.7 Å². The van der Waals surface area contributed by atoms with Crippen LogP contribution in [-0.4, -0.2) is 39.8 Å². The number of amides is 1. The molecular weight excluding hydrogens is 270 g/mol. The summed E-state index contributed by atoms with van der Waals surface area (Å²) in [4.78, 5) is 25.9. The van der Waals surface area contributed by atoms with E-state index in [-0.39, 0.29) is 5.92 Å². The van der Waals surface area contributed by atoms with Crippen LogP contribution in [0.25, 0.3) is 0 Å². The lowest BCUT2D eigenvalue weighted by molar-refractivity contribution is -0.158. The van der Waals surface area contributed by atoms with Gasteiger partial charge in [0.15, 0.2) is 0 Å². The smallest absolute Gasteiger partial charge is 0.411 e. The normalized spacial score (nSPS) is 29.8. The molecule has 5 heteroatoms. The van der Waals surface area contributed by atoms with Crippen LogP contribution < -0.4 is 0 Å². The summed E-state index contributed by atoms with van der Waals surface area (Å²) in [5.74, 6) is -0.523. The van der Waals surface area contributed by atoms with Gasteiger partial charge in [0.2, 0.25) is 0 Å². The lowest BCUT2D eigenvalue weighted by atomic mass is 9.69. The van der Waals surface area contributed by atoms with Crippen LogP contribution in [0.4, 0.5) is 4.79 Å². The first kappa shape index (κ1) is 17.8. The molecule has 21 heavy (non-hydrogen) atoms. The summed E-state index contributed by atoms with van der Waals surface area (Å²) in [6, 6.07) is 0. The van der Waals surface area contributed by atoms with Gasteiger partial charge in [-0.3, -0.25) is 4.90 Å². The molecule has 0 radical (unpaired) electrons. The number of carboxylic acids is 1. The van der Waals surface area contributed by atoms with Crippen molar-refractivity contribution in [2.24, 2.45) is 11.8 Å². The van der Waals surface area contributed by atoms with Crippen molar-refractivity contribution in [3.05, 3.63) is 0 Å². The summed E-state index contributed by atoms with van der Waals surface area (Å²) in [7, 11) is 0. The Labute approximate surface area is 127 Å². The Balaban J connectivity index is 3.12. The molecule has 0 aromatic rings. The first-order chi connectivity index (χ1) is 9.54. The van der Waals surface area contributed by atoms with Crippen molar-refractivity contribution in [3.63, 3.8) is 0 Å². The Kier molecular flexibility index (Phi) is 5.29. The fraction of sp³-hybridized carbons (Fsp3) is 0.875. The maximum atomic E-state index is 12.5. The highest BCUT2D eigenvalue weighted by molar-refractivity contribution is 5.85. The Morgan fingerprint density at radius 3 is 2.29 bits per heavy atom. The zero-order chi connectivity index (χ0) is 16.4. The zero-order valence-electron chi connectivity index (χ0n) is 14.1. The molecule has 0 bridgehead atoms. The van der Waals surface area contributed by atoms with Crippen LogP contribution in [0.2, 0.25) is 0 Å². The van der Waals surface area contributed by atoms with Gasteiger partial charge in [0, 0.05) is 6.54 Å². The van der Waals surface area contributed by atoms with Crippen LogP contribution in [0.15, 0.2) is 0 Å². The Hall–Kier alpha value is -1.26. The average molecular weight is 299 g/mol. The van der Waals surface area contributed by atoms with E-state index < -0.39 is 23.2 Å². The van der Waals surface area contributed by atoms with E-state index in [1.54, 1.807) is 27.7 Å². The highest BCUT2D eigenvalue weighted by Crippen LogP contribution is 2.41. The number of carbonyl (C=O) groups is 2. The first-order valence-electron chi connectivity index (χ1n) is 7.78. The minimum atomic E-state index is -1.15. The van der Waals surface area contributed by atoms with Gasteiger partial charge >= 0.3 is 12.1 Å². The lowest BCUT2D eigenvalue weighted by Gasteiger charge is -2.48. The van der Waals surface area contributed by atoms with Crippen molar-refractivity contribution in [2.75, 3.05) is 6.54 Å². The van der Waals surface area contributed by atoms with E-state index in [2.05, 4.69) is 6.92 Å². The van der Waals surface area contributed by atoms with Crippen molar-refractivity contribution in [3.8, 4) is 0 Å². The third-order valence-electron chi connectivity index (χ3n) is 4.37. The molecule has 5 nitrogen and oxygen atoms in total. The quantitative estimate of drug-likeness (QED) is 0.865. The van der Waals surface area contributed by atoms with E-state index in [1.165, 1.54) is 4.90 Å². The number of rotatable bonds is 3. The molecule has 3 unspecified atom stereocenters. The van der Waals surface area contributed by atoms with Crippen molar-refractivity contribution in [1.82, 2.24) is 4.90 Å². The van der Waals surface area contributed by atoms with E-state index >= 15 is 0 Å². The third-order valence-corrected chi connectivity index (χ3v) is 4.37. The molecule has 1 saturated carbocycles. The summed E-state index contributed by atoms with van der Waals surface area (Å²) < 4.78 is 5.42. The van der Waals surface area contributed by atoms with Crippen LogP contribution in [0.5, 0.6) is 0 Å². The van der Waals surface area contributed by atoms with Crippen LogP contribution in [0.1, 0.15) is 60.8 Å². The number of carbonyl (C=O) groups excluding carboxylic acids is 1. The van der Waals surface area contributed by atoms with Gasteiger partial charge in [0.05, 0.1) is 0 Å². The molecule has 1 amide bonds. The predicted octanol–water partition coefficient (Wildman–Crippen LogP) is 3.52. The largest absolute Gasteiger partial charge is 0.479 e. The fourth-order valence-corrected chi connectivity index (χ4v) is 3.35. The highest BCUT2D eigenvalue weighted by atomic mass is 16.6. The molecule has 3 atom stereocenters. The standard InChI is InChI=1S/C16H29NO4/c1-7-17(14(20)21-15(4,5)6)16(13(18)19)9-8-11(2)10-12(16)3/h11-12H,7-10H2,1-6H3,(H,18,19). The Bertz CT molecular complexity index is 402. The second-order valence-electron chi connectivity index (χ2n) is 7.23. The minimum Gasteiger partial charge on any atom is -0.479 e. The summed E-state index contributed by atoms with van der Waals surface area (Å²) in [5.41, 5.74) is -1.78. The predicted molar refractivity (Wildman–Crippen MR) is 81.2 cm³/mol. The average Bonchev–Trinajstić information content (AvgIpc) is 2.30. The molecular formula is C16H29NO4. The number of hydrogen-bond donors (Lipinski definition) is 1. The first-order valence-corrected chi connectivity index (χ1v) is 7.78. The number of likely N-dealkylation sites (N-methyl/N-ethyl adjacent to an activating group) is 1. The molecule has 0 aliphatic heterocycles. The van der Waals surface area contributed by atoms with Crippen molar-refractivity contribution >= 4 is 12.1 Å². The van der Waals surface area contributed by atoms with Gasteiger partial charge < -0.3 is 9.84 Å². The second-order valence-corrected chi connectivity index (χ2v) is 7.23. The topological polar surface area (TPSA) is 66.8 Å². The summed E-state index contributed by atoms with van der Waals surface area (Å²) in [6.45, 7) is 11.6. The number of ether oxygens (including phenoxy) is 1. The van der Waals surface area contributed by atoms with Gasteiger partial charge in [-0.15, -0.1) is 0 Å². The highest BCUT2D eigenvalue weighted by Gasteiger charge is 2.53. The Morgan fingerprint density at radius 1 is 1.33 bits per heavy atom. The minimum absolute atomic E-state index is 0.0915. The number of nitrogens with zero attached hydrogens (tertiary/aromatic N) is 1. The fourth-order valence-electron chi connectivity index (χ4n) is 3.35. The van der Waals surface area contributed by atoms with Crippen LogP contribution in [0.3, 0.4) is 0 Å². The molecule has 0 spiro atoms. The van der Waals surface area contributed by atoms with E-state index in [1.807, 2.05) is 6.92 Å². The molecule has 1 aliphatic carbocycles. The van der Waals surface area contributed by atoms with Gasteiger partial charge in [-0.2, -0.15) is 0 Å². The molecule has 0 aromatic carbocycles. The van der Waals surface area contributed by atoms with Crippen LogP contribution in [0, 0.1) is 11.8 Å². The van der Waals surface area contributed by atoms with Crippen molar-refractivity contribution in [2.45, 2.75) is 71.9 Å². The lowest BCUT2D eigenvalue weighted by Crippen LogP contribution is -2.63. The molecule has 0 heterocycles. The zero-order valence-corrected chi connectivity index (χ0v) is 14.1. The Morgan fingerprint density at radius 2 is 1.90 bits per heavy atom. The molecule has 1 N–H and O–H groups in total. The van der Waals surface area contributed by atoms with Crippen molar-refractivity contribution < 1.29 is 19.4 Å². The van der Waals surface area contributed by atoms with E-state index in [0.29, 0.717) is 18.9 Å². The van der Waals surface area contributed by atoms with Gasteiger partial charge in [-0.25, -0.2) is 9.59 Å². The molecule has 0 aromatic heterocycles. The molecule has 1 rings (SSSR count). The van der Waals surface area contributed by atoms with Crippen LogP contribution >= 0.6 is 0 Å². The van der Waals surface area contributed by atoms with Gasteiger partial charge in [0.1, 0.15) is 11.1 Å². The molecule has 0 saturated heterocycles. The summed E-state index contributed by atoms with van der Waals surface area (Å²) in [6.07, 6.45) is 1.58. The number of aliphatic carboxylic acids is 1. The van der Waals surface area contributed by atoms with Crippen LogP contribution in [-0.2, 0) is 9.53 Å². The van der Waals surface area contributed by atoms with E-state index in [4.69, 9.17) is 4.74 Å². The summed E-state index contributed by atoms with van der Waals surface area (Å²) >= 11 is 0. The number of hydrogen-bond acceptors (Lipinski definition) is 3. The maximum absolute atomic E-state index is 12.5. The van der Waals surface area contributed by atoms with Crippen molar-refractivity contribution in [1.29, 1.82) is 0 Å². The maximum Gasteiger partial charge on any atom is 0.411 e. The monoisotopic (exact) mass is 299 g/mol. The second kappa shape index (κ2) is 6.24. The molecule has 122 valence electrons. The summed E-state index contributed by atoms with van der Waals surface area (Å²) in [5, 5.41) is 9.84. The number of carboxylic acid groups (broad SMARTS) is 1. The SMILES string of the molecule is CCN(C(=O)OC(C)(C)C)C1(C(=O)O)CCC(C)CC1C. The van der Waals surface area contributed by atoms with E-state index in [0.717, 1.165) is 12.8 Å². The van der Waals surface area contributed by atoms with Gasteiger partial charge in [-0.1, -0.05) is 13.8 Å². The third kappa shape index (κ3) is 3.69. The van der Waals surface area contributed by atoms with Gasteiger partial charge in [0.25, 0.3) is 0 Å². The molecule has 1 aliphatic rings. The molecule has 1 fully saturated rings.